The lowest BCUT2D eigenvalue weighted by Crippen LogP contribution is -2.24. The molecule has 15 heavy (non-hydrogen) atoms. The van der Waals surface area contributed by atoms with Crippen molar-refractivity contribution in [3.05, 3.63) is 29.6 Å². The Morgan fingerprint density at radius 2 is 2.40 bits per heavy atom. The van der Waals surface area contributed by atoms with E-state index in [0.717, 1.165) is 0 Å². The zero-order valence-electron chi connectivity index (χ0n) is 8.03. The quantitative estimate of drug-likeness (QED) is 0.459. The minimum absolute atomic E-state index is 0.0432. The second-order valence-corrected chi connectivity index (χ2v) is 3.06. The molecule has 0 amide bonds. The lowest BCUT2D eigenvalue weighted by Gasteiger charge is -2.03. The van der Waals surface area contributed by atoms with Gasteiger partial charge in [-0.3, -0.25) is 5.43 Å². The number of nitrogens with two attached hydrogens (primary N) is 1. The molecule has 80 valence electrons. The highest BCUT2D eigenvalue weighted by atomic mass is 32.1. The van der Waals surface area contributed by atoms with Crippen LogP contribution < -0.4 is 15.9 Å². The molecule has 4 nitrogen and oxygen atoms in total. The van der Waals surface area contributed by atoms with Gasteiger partial charge in [0.1, 0.15) is 11.6 Å². The number of nitrogens with one attached hydrogen (secondary N) is 1. The van der Waals surface area contributed by atoms with Gasteiger partial charge in [-0.25, -0.2) is 4.39 Å². The molecule has 3 N–H and O–H groups in total. The molecule has 0 radical (unpaired) electrons. The average molecular weight is 227 g/mol. The van der Waals surface area contributed by atoms with Gasteiger partial charge in [-0.05, 0) is 30.4 Å². The lowest BCUT2D eigenvalue weighted by molar-refractivity contribution is 0.413. The Balaban J connectivity index is 2.87. The van der Waals surface area contributed by atoms with E-state index in [1.165, 1.54) is 31.5 Å². The Kier molecular flexibility index (Phi) is 3.99. The Hall–Kier alpha value is -1.69. The smallest absolute Gasteiger partial charge is 0.184 e. The van der Waals surface area contributed by atoms with Crippen LogP contribution in [0.25, 0.3) is 0 Å². The van der Waals surface area contributed by atoms with Gasteiger partial charge < -0.3 is 10.5 Å². The topological polar surface area (TPSA) is 59.6 Å². The molecule has 0 aliphatic heterocycles. The Morgan fingerprint density at radius 1 is 1.67 bits per heavy atom. The van der Waals surface area contributed by atoms with Crippen LogP contribution in [0, 0.1) is 5.82 Å². The van der Waals surface area contributed by atoms with Crippen molar-refractivity contribution in [2.75, 3.05) is 7.11 Å². The molecule has 1 aromatic carbocycles. The monoisotopic (exact) mass is 227 g/mol. The van der Waals surface area contributed by atoms with Gasteiger partial charge in [0.15, 0.2) is 5.11 Å². The van der Waals surface area contributed by atoms with E-state index in [4.69, 9.17) is 10.5 Å². The number of thiocarbonyl (C=S) groups is 1. The summed E-state index contributed by atoms with van der Waals surface area (Å²) in [4.78, 5) is 0. The molecule has 0 heterocycles. The van der Waals surface area contributed by atoms with Crippen LogP contribution in [0.4, 0.5) is 4.39 Å². The van der Waals surface area contributed by atoms with Crippen molar-refractivity contribution in [3.63, 3.8) is 0 Å². The summed E-state index contributed by atoms with van der Waals surface area (Å²) in [6, 6.07) is 4.11. The van der Waals surface area contributed by atoms with E-state index >= 15 is 0 Å². The maximum absolute atomic E-state index is 12.9. The fourth-order valence-electron chi connectivity index (χ4n) is 0.972. The zero-order valence-corrected chi connectivity index (χ0v) is 8.84. The minimum Gasteiger partial charge on any atom is -0.496 e. The number of benzene rings is 1. The van der Waals surface area contributed by atoms with Crippen LogP contribution in [0.5, 0.6) is 5.75 Å². The summed E-state index contributed by atoms with van der Waals surface area (Å²) in [5.74, 6) is 0.150. The average Bonchev–Trinajstić information content (AvgIpc) is 2.17. The minimum atomic E-state index is -0.368. The van der Waals surface area contributed by atoms with Gasteiger partial charge in [-0.1, -0.05) is 0 Å². The predicted octanol–water partition coefficient (Wildman–Crippen LogP) is 1.00. The molecule has 0 aromatic heterocycles. The van der Waals surface area contributed by atoms with Crippen molar-refractivity contribution in [1.29, 1.82) is 0 Å². The number of methoxy groups -OCH3 is 1. The zero-order chi connectivity index (χ0) is 11.3. The second kappa shape index (κ2) is 5.26. The van der Waals surface area contributed by atoms with Crippen molar-refractivity contribution < 1.29 is 9.13 Å². The maximum Gasteiger partial charge on any atom is 0.184 e. The number of rotatable bonds is 3. The summed E-state index contributed by atoms with van der Waals surface area (Å²) in [7, 11) is 1.49. The van der Waals surface area contributed by atoms with Crippen LogP contribution >= 0.6 is 12.2 Å². The molecule has 0 saturated heterocycles. The van der Waals surface area contributed by atoms with Crippen molar-refractivity contribution >= 4 is 23.5 Å². The highest BCUT2D eigenvalue weighted by Crippen LogP contribution is 2.16. The number of ether oxygens (including phenoxy) is 1. The van der Waals surface area contributed by atoms with Crippen LogP contribution in [-0.4, -0.2) is 18.4 Å². The maximum atomic E-state index is 12.9. The van der Waals surface area contributed by atoms with Gasteiger partial charge in [0.05, 0.1) is 13.3 Å². The van der Waals surface area contributed by atoms with Gasteiger partial charge in [0.2, 0.25) is 0 Å². The second-order valence-electron chi connectivity index (χ2n) is 2.62. The Morgan fingerprint density at radius 3 is 3.00 bits per heavy atom. The summed E-state index contributed by atoms with van der Waals surface area (Å²) in [5.41, 5.74) is 8.02. The van der Waals surface area contributed by atoms with Crippen LogP contribution in [0.2, 0.25) is 0 Å². The van der Waals surface area contributed by atoms with Crippen molar-refractivity contribution in [3.8, 4) is 5.75 Å². The first-order valence-electron chi connectivity index (χ1n) is 4.05. The molecule has 0 saturated carbocycles. The van der Waals surface area contributed by atoms with E-state index in [2.05, 4.69) is 22.7 Å². The summed E-state index contributed by atoms with van der Waals surface area (Å²) in [6.07, 6.45) is 1.38. The first-order chi connectivity index (χ1) is 7.13. The van der Waals surface area contributed by atoms with Gasteiger partial charge in [-0.15, -0.1) is 0 Å². The van der Waals surface area contributed by atoms with Crippen LogP contribution in [0.3, 0.4) is 0 Å². The third-order valence-corrected chi connectivity index (χ3v) is 1.66. The number of hydrogen-bond donors (Lipinski definition) is 2. The Labute approximate surface area is 91.9 Å². The first kappa shape index (κ1) is 11.4. The fraction of sp³-hybridized carbons (Fsp3) is 0.111. The van der Waals surface area contributed by atoms with E-state index in [0.29, 0.717) is 11.3 Å². The molecule has 0 atom stereocenters. The fourth-order valence-corrected chi connectivity index (χ4v) is 1.02. The summed E-state index contributed by atoms with van der Waals surface area (Å²) < 4.78 is 17.9. The molecule has 6 heteroatoms. The SMILES string of the molecule is COc1ccc(F)cc1C=NNC(N)=S. The van der Waals surface area contributed by atoms with Crippen molar-refractivity contribution in [1.82, 2.24) is 5.43 Å². The molecule has 1 rings (SSSR count). The number of nitrogens with zero attached hydrogens (tertiary/aromatic N) is 1. The van der Waals surface area contributed by atoms with Gasteiger partial charge in [-0.2, -0.15) is 5.10 Å². The summed E-state index contributed by atoms with van der Waals surface area (Å²) in [5, 5.41) is 3.75. The standard InChI is InChI=1S/C9H10FN3OS/c1-14-8-3-2-7(10)4-6(8)5-12-13-9(11)15/h2-5H,1H3,(H3,11,13,15). The highest BCUT2D eigenvalue weighted by Gasteiger charge is 2.01. The molecule has 0 fully saturated rings. The summed E-state index contributed by atoms with van der Waals surface area (Å²) in [6.45, 7) is 0. The van der Waals surface area contributed by atoms with Crippen molar-refractivity contribution in [2.24, 2.45) is 10.8 Å². The number of halogens is 1. The van der Waals surface area contributed by atoms with Crippen LogP contribution in [0.1, 0.15) is 5.56 Å². The van der Waals surface area contributed by atoms with E-state index in [1.54, 1.807) is 0 Å². The predicted molar refractivity (Wildman–Crippen MR) is 60.5 cm³/mol. The molecular weight excluding hydrogens is 217 g/mol. The molecule has 0 bridgehead atoms. The van der Waals surface area contributed by atoms with E-state index in [1.807, 2.05) is 0 Å². The van der Waals surface area contributed by atoms with E-state index in [9.17, 15) is 4.39 Å². The van der Waals surface area contributed by atoms with Crippen LogP contribution in [-0.2, 0) is 0 Å². The Bertz CT molecular complexity index is 395. The first-order valence-corrected chi connectivity index (χ1v) is 4.46. The van der Waals surface area contributed by atoms with Gasteiger partial charge >= 0.3 is 0 Å². The molecule has 0 unspecified atom stereocenters. The third-order valence-electron chi connectivity index (χ3n) is 1.57. The molecule has 0 spiro atoms. The van der Waals surface area contributed by atoms with Crippen molar-refractivity contribution in [2.45, 2.75) is 0 Å². The van der Waals surface area contributed by atoms with Gasteiger partial charge in [0, 0.05) is 5.56 Å². The summed E-state index contributed by atoms with van der Waals surface area (Å²) >= 11 is 4.55. The normalized spacial score (nSPS) is 10.3. The molecule has 0 aliphatic rings. The largest absolute Gasteiger partial charge is 0.496 e. The molecule has 1 aromatic rings. The van der Waals surface area contributed by atoms with Crippen LogP contribution in [0.15, 0.2) is 23.3 Å². The van der Waals surface area contributed by atoms with E-state index < -0.39 is 0 Å². The molecular formula is C9H10FN3OS. The highest BCUT2D eigenvalue weighted by molar-refractivity contribution is 7.80. The lowest BCUT2D eigenvalue weighted by atomic mass is 10.2. The van der Waals surface area contributed by atoms with E-state index in [-0.39, 0.29) is 10.9 Å². The number of hydrogen-bond acceptors (Lipinski definition) is 3. The van der Waals surface area contributed by atoms with Gasteiger partial charge in [0.25, 0.3) is 0 Å². The number of hydrazone groups is 1. The third kappa shape index (κ3) is 3.51. The molecule has 0 aliphatic carbocycles.